The van der Waals surface area contributed by atoms with Crippen molar-refractivity contribution < 1.29 is 28.6 Å². The van der Waals surface area contributed by atoms with Gasteiger partial charge in [-0.3, -0.25) is 14.4 Å². The number of hydrogen-bond donors (Lipinski definition) is 0. The molecule has 0 saturated heterocycles. The van der Waals surface area contributed by atoms with E-state index in [0.717, 1.165) is 180 Å². The standard InChI is InChI=1S/C77H118O6/c1-4-7-10-13-16-19-22-25-28-30-32-33-34-35-36-37-38-39-40-41-42-43-45-46-49-52-55-58-61-64-67-70-76(79)82-73-74(72-81-75(78)69-66-63-60-57-54-51-48-27-24-21-18-15-12-9-6-3)83-77(80)71-68-65-62-59-56-53-50-47-44-31-29-26-23-20-17-14-11-8-5-2/h7-12,16-21,25-29,32-33,35-36,38-39,41-42,44-48,54,57,74H,4-6,13-15,22-24,30-31,34,37,40,43,49-53,55-56,58-73H2,1-3H3/b10-7-,11-8-,12-9-,19-16-,20-17-,21-18-,28-25-,29-26-,33-32-,36-35-,39-38-,42-41-,46-45-,47-44-,48-27-,57-54-. The second-order valence-electron chi connectivity index (χ2n) is 20.9. The van der Waals surface area contributed by atoms with Crippen molar-refractivity contribution in [2.75, 3.05) is 13.2 Å². The van der Waals surface area contributed by atoms with Crippen LogP contribution in [0, 0.1) is 0 Å². The number of allylic oxidation sites excluding steroid dienone is 32. The monoisotopic (exact) mass is 1140 g/mol. The molecule has 0 aromatic rings. The van der Waals surface area contributed by atoms with Crippen molar-refractivity contribution in [1.29, 1.82) is 0 Å². The number of rotatable bonds is 57. The number of esters is 3. The van der Waals surface area contributed by atoms with Crippen molar-refractivity contribution in [2.45, 2.75) is 258 Å². The van der Waals surface area contributed by atoms with Crippen molar-refractivity contribution in [3.05, 3.63) is 194 Å². The van der Waals surface area contributed by atoms with Gasteiger partial charge < -0.3 is 14.2 Å². The molecular weight excluding hydrogens is 1020 g/mol. The Morgan fingerprint density at radius 3 is 0.699 bits per heavy atom. The second-order valence-corrected chi connectivity index (χ2v) is 20.9. The molecule has 1 unspecified atom stereocenters. The molecule has 0 bridgehead atoms. The van der Waals surface area contributed by atoms with Gasteiger partial charge in [-0.05, 0) is 161 Å². The van der Waals surface area contributed by atoms with Gasteiger partial charge in [0.25, 0.3) is 0 Å². The third-order valence-corrected chi connectivity index (χ3v) is 13.1. The molecule has 462 valence electrons. The van der Waals surface area contributed by atoms with E-state index in [4.69, 9.17) is 14.2 Å². The lowest BCUT2D eigenvalue weighted by Gasteiger charge is -2.18. The molecule has 83 heavy (non-hydrogen) atoms. The van der Waals surface area contributed by atoms with Gasteiger partial charge in [-0.25, -0.2) is 0 Å². The summed E-state index contributed by atoms with van der Waals surface area (Å²) in [6.07, 6.45) is 104. The van der Waals surface area contributed by atoms with Crippen molar-refractivity contribution in [3.8, 4) is 0 Å². The molecule has 0 heterocycles. The smallest absolute Gasteiger partial charge is 0.306 e. The molecule has 6 heteroatoms. The van der Waals surface area contributed by atoms with Crippen molar-refractivity contribution in [1.82, 2.24) is 0 Å². The summed E-state index contributed by atoms with van der Waals surface area (Å²) in [4.78, 5) is 38.4. The maximum absolute atomic E-state index is 12.9. The highest BCUT2D eigenvalue weighted by Crippen LogP contribution is 2.14. The average Bonchev–Trinajstić information content (AvgIpc) is 3.49. The predicted octanol–water partition coefficient (Wildman–Crippen LogP) is 23.0. The van der Waals surface area contributed by atoms with E-state index in [1.807, 2.05) is 0 Å². The molecule has 0 spiro atoms. The number of ether oxygens (including phenoxy) is 3. The minimum Gasteiger partial charge on any atom is -0.462 e. The first kappa shape index (κ1) is 77.2. The molecule has 0 aliphatic carbocycles. The fourth-order valence-corrected chi connectivity index (χ4v) is 8.26. The lowest BCUT2D eigenvalue weighted by atomic mass is 10.1. The van der Waals surface area contributed by atoms with E-state index in [9.17, 15) is 14.4 Å². The van der Waals surface area contributed by atoms with Crippen molar-refractivity contribution >= 4 is 17.9 Å². The van der Waals surface area contributed by atoms with Gasteiger partial charge in [-0.1, -0.05) is 267 Å². The highest BCUT2D eigenvalue weighted by atomic mass is 16.6. The topological polar surface area (TPSA) is 78.9 Å². The minimum absolute atomic E-state index is 0.115. The number of unbranched alkanes of at least 4 members (excludes halogenated alkanes) is 14. The Labute approximate surface area is 509 Å². The fraction of sp³-hybridized carbons (Fsp3) is 0.545. The number of carbonyl (C=O) groups excluding carboxylic acids is 3. The Balaban J connectivity index is 4.46. The summed E-state index contributed by atoms with van der Waals surface area (Å²) in [5.74, 6) is -0.993. The fourth-order valence-electron chi connectivity index (χ4n) is 8.26. The van der Waals surface area contributed by atoms with E-state index in [1.54, 1.807) is 0 Å². The van der Waals surface area contributed by atoms with Crippen LogP contribution in [0.1, 0.15) is 252 Å². The molecule has 0 aliphatic rings. The largest absolute Gasteiger partial charge is 0.462 e. The Hall–Kier alpha value is -5.75. The van der Waals surface area contributed by atoms with Gasteiger partial charge in [0, 0.05) is 19.3 Å². The van der Waals surface area contributed by atoms with Crippen LogP contribution in [0.2, 0.25) is 0 Å². The Kier molecular flexibility index (Phi) is 64.0. The maximum atomic E-state index is 12.9. The van der Waals surface area contributed by atoms with Gasteiger partial charge in [-0.15, -0.1) is 0 Å². The highest BCUT2D eigenvalue weighted by Gasteiger charge is 2.19. The zero-order valence-corrected chi connectivity index (χ0v) is 52.9. The van der Waals surface area contributed by atoms with E-state index in [-0.39, 0.29) is 37.5 Å². The van der Waals surface area contributed by atoms with Crippen LogP contribution in [-0.4, -0.2) is 37.2 Å². The normalized spacial score (nSPS) is 13.4. The van der Waals surface area contributed by atoms with E-state index >= 15 is 0 Å². The first-order valence-electron chi connectivity index (χ1n) is 32.9. The highest BCUT2D eigenvalue weighted by molar-refractivity contribution is 5.71. The van der Waals surface area contributed by atoms with Crippen LogP contribution >= 0.6 is 0 Å². The van der Waals surface area contributed by atoms with Crippen LogP contribution in [0.15, 0.2) is 194 Å². The van der Waals surface area contributed by atoms with Crippen LogP contribution in [0.5, 0.6) is 0 Å². The molecule has 0 rings (SSSR count). The third-order valence-electron chi connectivity index (χ3n) is 13.1. The summed E-state index contributed by atoms with van der Waals surface area (Å²) >= 11 is 0. The third kappa shape index (κ3) is 66.9. The van der Waals surface area contributed by atoms with Crippen molar-refractivity contribution in [3.63, 3.8) is 0 Å². The van der Waals surface area contributed by atoms with Crippen molar-refractivity contribution in [2.24, 2.45) is 0 Å². The zero-order valence-electron chi connectivity index (χ0n) is 52.9. The minimum atomic E-state index is -0.823. The Morgan fingerprint density at radius 1 is 0.241 bits per heavy atom. The summed E-state index contributed by atoms with van der Waals surface area (Å²) in [6, 6.07) is 0. The second kappa shape index (κ2) is 68.7. The first-order chi connectivity index (χ1) is 41.0. The molecule has 0 aromatic carbocycles. The number of carbonyl (C=O) groups is 3. The van der Waals surface area contributed by atoms with Gasteiger partial charge >= 0.3 is 17.9 Å². The lowest BCUT2D eigenvalue weighted by molar-refractivity contribution is -0.167. The molecular formula is C77H118O6. The molecule has 0 fully saturated rings. The van der Waals surface area contributed by atoms with E-state index in [2.05, 4.69) is 215 Å². The maximum Gasteiger partial charge on any atom is 0.306 e. The molecule has 0 saturated carbocycles. The van der Waals surface area contributed by atoms with Crippen LogP contribution < -0.4 is 0 Å². The van der Waals surface area contributed by atoms with Crippen LogP contribution in [-0.2, 0) is 28.6 Å². The average molecular weight is 1140 g/mol. The summed E-state index contributed by atoms with van der Waals surface area (Å²) in [5, 5.41) is 0. The van der Waals surface area contributed by atoms with Gasteiger partial charge in [0.05, 0.1) is 0 Å². The van der Waals surface area contributed by atoms with Crippen LogP contribution in [0.4, 0.5) is 0 Å². The Bertz CT molecular complexity index is 1990. The molecule has 1 atom stereocenters. The molecule has 0 amide bonds. The van der Waals surface area contributed by atoms with Gasteiger partial charge in [0.2, 0.25) is 0 Å². The molecule has 0 N–H and O–H groups in total. The molecule has 6 nitrogen and oxygen atoms in total. The van der Waals surface area contributed by atoms with E-state index < -0.39 is 6.10 Å². The van der Waals surface area contributed by atoms with Crippen LogP contribution in [0.3, 0.4) is 0 Å². The van der Waals surface area contributed by atoms with E-state index in [1.165, 1.54) is 25.7 Å². The molecule has 0 aromatic heterocycles. The summed E-state index contributed by atoms with van der Waals surface area (Å²) in [5.41, 5.74) is 0. The molecule has 0 aliphatic heterocycles. The first-order valence-corrected chi connectivity index (χ1v) is 32.9. The summed E-state index contributed by atoms with van der Waals surface area (Å²) in [6.45, 7) is 6.23. The SMILES string of the molecule is CC/C=C\C/C=C\C/C=C\C/C=C\C/C=C\C/C=C\C/C=C\C/C=C\CCCCCCCCC(=O)OCC(COC(=O)CCCC/C=C\C/C=C\C/C=C\C/C=C\CC)OC(=O)CCCCCCCC/C=C\C/C=C\C/C=C\C/C=C\CC. The lowest BCUT2D eigenvalue weighted by Crippen LogP contribution is -2.30. The summed E-state index contributed by atoms with van der Waals surface area (Å²) in [7, 11) is 0. The van der Waals surface area contributed by atoms with Crippen LogP contribution in [0.25, 0.3) is 0 Å². The van der Waals surface area contributed by atoms with Gasteiger partial charge in [0.15, 0.2) is 6.10 Å². The quantitative estimate of drug-likeness (QED) is 0.0261. The van der Waals surface area contributed by atoms with Gasteiger partial charge in [0.1, 0.15) is 13.2 Å². The van der Waals surface area contributed by atoms with Gasteiger partial charge in [-0.2, -0.15) is 0 Å². The number of hydrogen-bond acceptors (Lipinski definition) is 6. The predicted molar refractivity (Wildman–Crippen MR) is 361 cm³/mol. The Morgan fingerprint density at radius 2 is 0.434 bits per heavy atom. The summed E-state index contributed by atoms with van der Waals surface area (Å²) < 4.78 is 16.9. The zero-order chi connectivity index (χ0) is 59.9. The van der Waals surface area contributed by atoms with E-state index in [0.29, 0.717) is 19.3 Å². The molecule has 0 radical (unpaired) electrons.